The Labute approximate surface area is 327 Å². The molecular weight excluding hydrogens is 739 g/mol. The molecule has 0 saturated carbocycles. The molecule has 0 aromatic heterocycles. The molecule has 4 rings (SSSR count). The van der Waals surface area contributed by atoms with Crippen molar-refractivity contribution in [3.8, 4) is 11.5 Å². The number of carbonyl (C=O) groups excluding carboxylic acids is 4. The lowest BCUT2D eigenvalue weighted by Gasteiger charge is -2.31. The Bertz CT molecular complexity index is 1470. The molecule has 0 radical (unpaired) electrons. The molecule has 6 N–H and O–H groups in total. The van der Waals surface area contributed by atoms with Crippen LogP contribution in [0.15, 0.2) is 24.3 Å². The molecule has 54 heavy (non-hydrogen) atoms. The Morgan fingerprint density at radius 1 is 0.667 bits per heavy atom. The summed E-state index contributed by atoms with van der Waals surface area (Å²) in [4.78, 5) is 54.4. The third-order valence-electron chi connectivity index (χ3n) is 10.1. The highest BCUT2D eigenvalue weighted by Crippen LogP contribution is 2.31. The van der Waals surface area contributed by atoms with Gasteiger partial charge in [-0.05, 0) is 88.7 Å². The van der Waals surface area contributed by atoms with Gasteiger partial charge in [-0.2, -0.15) is 0 Å². The Balaban J connectivity index is 0.979. The van der Waals surface area contributed by atoms with E-state index >= 15 is 0 Å². The molecule has 2 aliphatic heterocycles. The molecular formula is C38H54Cl2N6O8. The number of ether oxygens (including phenoxy) is 4. The summed E-state index contributed by atoms with van der Waals surface area (Å²) in [6.07, 6.45) is 6.10. The highest BCUT2D eigenvalue weighted by Gasteiger charge is 2.23. The SMILES string of the molecule is COc1cc(N)c(Cl)cc1C(=O)OCCN1CCC(CCNC(=O)CCC(=O)NCCC2CCN(CCOC(=O)c3cc(Cl)c(N)cc3OC)CC2)CC1. The molecule has 0 aliphatic carbocycles. The van der Waals surface area contributed by atoms with Crippen LogP contribution >= 0.6 is 23.2 Å². The number of nitrogens with one attached hydrogen (secondary N) is 2. The lowest BCUT2D eigenvalue weighted by Crippen LogP contribution is -2.37. The van der Waals surface area contributed by atoms with Crippen molar-refractivity contribution in [2.24, 2.45) is 11.8 Å². The number of anilines is 2. The lowest BCUT2D eigenvalue weighted by atomic mass is 9.93. The van der Waals surface area contributed by atoms with E-state index in [9.17, 15) is 19.2 Å². The molecule has 0 spiro atoms. The van der Waals surface area contributed by atoms with Gasteiger partial charge in [-0.1, -0.05) is 23.2 Å². The zero-order valence-electron chi connectivity index (χ0n) is 31.3. The number of methoxy groups -OCH3 is 2. The van der Waals surface area contributed by atoms with Gasteiger partial charge in [0.25, 0.3) is 0 Å². The lowest BCUT2D eigenvalue weighted by molar-refractivity contribution is -0.126. The summed E-state index contributed by atoms with van der Waals surface area (Å²) in [6, 6.07) is 5.93. The van der Waals surface area contributed by atoms with E-state index in [2.05, 4.69) is 20.4 Å². The minimum absolute atomic E-state index is 0.113. The summed E-state index contributed by atoms with van der Waals surface area (Å²) in [5.41, 5.74) is 12.7. The van der Waals surface area contributed by atoms with Crippen LogP contribution < -0.4 is 31.6 Å². The van der Waals surface area contributed by atoms with Gasteiger partial charge in [-0.25, -0.2) is 9.59 Å². The van der Waals surface area contributed by atoms with Crippen molar-refractivity contribution in [2.75, 3.05) is 91.3 Å². The molecule has 2 fully saturated rings. The van der Waals surface area contributed by atoms with Gasteiger partial charge in [-0.3, -0.25) is 19.4 Å². The highest BCUT2D eigenvalue weighted by molar-refractivity contribution is 6.34. The van der Waals surface area contributed by atoms with Crippen LogP contribution in [0.4, 0.5) is 11.4 Å². The summed E-state index contributed by atoms with van der Waals surface area (Å²) in [5, 5.41) is 6.46. The van der Waals surface area contributed by atoms with Gasteiger partial charge in [0.05, 0.1) is 35.6 Å². The fourth-order valence-corrected chi connectivity index (χ4v) is 7.05. The van der Waals surface area contributed by atoms with Gasteiger partial charge in [-0.15, -0.1) is 0 Å². The predicted octanol–water partition coefficient (Wildman–Crippen LogP) is 4.41. The first-order valence-electron chi connectivity index (χ1n) is 18.6. The second-order valence-corrected chi connectivity index (χ2v) is 14.6. The number of rotatable bonds is 19. The number of piperidine rings is 2. The minimum Gasteiger partial charge on any atom is -0.496 e. The first-order chi connectivity index (χ1) is 26.0. The largest absolute Gasteiger partial charge is 0.496 e. The highest BCUT2D eigenvalue weighted by atomic mass is 35.5. The third kappa shape index (κ3) is 13.4. The first-order valence-corrected chi connectivity index (χ1v) is 19.3. The van der Waals surface area contributed by atoms with Crippen LogP contribution in [0.1, 0.15) is 72.1 Å². The van der Waals surface area contributed by atoms with Crippen LogP contribution in [0, 0.1) is 11.8 Å². The number of halogens is 2. The van der Waals surface area contributed by atoms with E-state index in [1.54, 1.807) is 0 Å². The van der Waals surface area contributed by atoms with Crippen LogP contribution in [-0.2, 0) is 19.1 Å². The smallest absolute Gasteiger partial charge is 0.342 e. The van der Waals surface area contributed by atoms with Gasteiger partial charge >= 0.3 is 11.9 Å². The molecule has 298 valence electrons. The predicted molar refractivity (Wildman–Crippen MR) is 208 cm³/mol. The number of nitrogen functional groups attached to an aromatic ring is 2. The minimum atomic E-state index is -0.509. The summed E-state index contributed by atoms with van der Waals surface area (Å²) >= 11 is 12.1. The average molecular weight is 794 g/mol. The Hall–Kier alpha value is -3.98. The topological polar surface area (TPSA) is 188 Å². The standard InChI is InChI=1S/C38H54Cl2N6O8/c1-51-33-23-31(41)29(39)21-27(33)37(49)53-19-17-45-13-7-25(8-14-45)5-11-43-35(47)3-4-36(48)44-12-6-26-9-15-46(16-10-26)18-20-54-38(50)28-22-30(40)32(42)24-34(28)52-2/h21-26H,3-20,41-42H2,1-2H3,(H,43,47)(H,44,48). The maximum atomic E-state index is 12.5. The number of amides is 2. The summed E-state index contributed by atoms with van der Waals surface area (Å²) in [5.74, 6) is 0.401. The number of likely N-dealkylation sites (tertiary alicyclic amines) is 2. The molecule has 2 aromatic rings. The number of carbonyl (C=O) groups is 4. The number of hydrogen-bond donors (Lipinski definition) is 4. The Morgan fingerprint density at radius 3 is 1.39 bits per heavy atom. The van der Waals surface area contributed by atoms with E-state index in [-0.39, 0.29) is 59.0 Å². The van der Waals surface area contributed by atoms with E-state index < -0.39 is 11.9 Å². The molecule has 2 heterocycles. The molecule has 2 amide bonds. The van der Waals surface area contributed by atoms with E-state index in [0.717, 1.165) is 64.7 Å². The van der Waals surface area contributed by atoms with Crippen molar-refractivity contribution < 1.29 is 38.1 Å². The van der Waals surface area contributed by atoms with Gasteiger partial charge in [0.2, 0.25) is 11.8 Å². The molecule has 0 unspecified atom stereocenters. The normalized spacial score (nSPS) is 15.7. The number of hydrogen-bond acceptors (Lipinski definition) is 12. The van der Waals surface area contributed by atoms with Crippen LogP contribution in [0.3, 0.4) is 0 Å². The third-order valence-corrected chi connectivity index (χ3v) is 10.8. The van der Waals surface area contributed by atoms with Crippen molar-refractivity contribution in [1.29, 1.82) is 0 Å². The Kier molecular flexibility index (Phi) is 17.3. The van der Waals surface area contributed by atoms with Gasteiger partial charge in [0, 0.05) is 51.2 Å². The fourth-order valence-electron chi connectivity index (χ4n) is 6.72. The number of benzene rings is 2. The molecule has 0 bridgehead atoms. The average Bonchev–Trinajstić information content (AvgIpc) is 3.16. The van der Waals surface area contributed by atoms with Crippen molar-refractivity contribution in [3.63, 3.8) is 0 Å². The number of nitrogens with two attached hydrogens (primary N) is 2. The zero-order chi connectivity index (χ0) is 39.0. The molecule has 14 nitrogen and oxygen atoms in total. The van der Waals surface area contributed by atoms with Crippen molar-refractivity contribution >= 4 is 58.3 Å². The van der Waals surface area contributed by atoms with E-state index in [1.807, 2.05) is 0 Å². The quantitative estimate of drug-likeness (QED) is 0.116. The fraction of sp³-hybridized carbons (Fsp3) is 0.579. The zero-order valence-corrected chi connectivity index (χ0v) is 32.8. The summed E-state index contributed by atoms with van der Waals surface area (Å²) in [7, 11) is 2.91. The Morgan fingerprint density at radius 2 is 1.04 bits per heavy atom. The second-order valence-electron chi connectivity index (χ2n) is 13.8. The maximum absolute atomic E-state index is 12.5. The van der Waals surface area contributed by atoms with Gasteiger partial charge in [0.1, 0.15) is 35.8 Å². The van der Waals surface area contributed by atoms with E-state index in [0.29, 0.717) is 60.9 Å². The maximum Gasteiger partial charge on any atom is 0.342 e. The summed E-state index contributed by atoms with van der Waals surface area (Å²) < 4.78 is 21.4. The van der Waals surface area contributed by atoms with Crippen LogP contribution in [0.5, 0.6) is 11.5 Å². The molecule has 2 aliphatic rings. The van der Waals surface area contributed by atoms with Gasteiger partial charge in [0.15, 0.2) is 0 Å². The van der Waals surface area contributed by atoms with Crippen molar-refractivity contribution in [1.82, 2.24) is 20.4 Å². The van der Waals surface area contributed by atoms with Crippen LogP contribution in [0.25, 0.3) is 0 Å². The number of nitrogens with zero attached hydrogens (tertiary/aromatic N) is 2. The summed E-state index contributed by atoms with van der Waals surface area (Å²) in [6.45, 7) is 6.49. The number of esters is 2. The molecule has 16 heteroatoms. The van der Waals surface area contributed by atoms with Gasteiger partial charge < -0.3 is 41.0 Å². The first kappa shape index (κ1) is 42.8. The van der Waals surface area contributed by atoms with Crippen LogP contribution in [0.2, 0.25) is 10.0 Å². The van der Waals surface area contributed by atoms with Crippen molar-refractivity contribution in [2.45, 2.75) is 51.4 Å². The van der Waals surface area contributed by atoms with Crippen LogP contribution in [-0.4, -0.2) is 113 Å². The molecule has 2 aromatic carbocycles. The van der Waals surface area contributed by atoms with Crippen molar-refractivity contribution in [3.05, 3.63) is 45.4 Å². The molecule has 2 saturated heterocycles. The monoisotopic (exact) mass is 792 g/mol. The molecule has 0 atom stereocenters. The van der Waals surface area contributed by atoms with E-state index in [4.69, 9.17) is 53.6 Å². The van der Waals surface area contributed by atoms with E-state index in [1.165, 1.54) is 38.5 Å². The second kappa shape index (κ2) is 21.8.